The number of likely N-dealkylation sites (tertiary alicyclic amines) is 1. The average molecular weight is 466 g/mol. The highest BCUT2D eigenvalue weighted by Gasteiger charge is 2.29. The maximum Gasteiger partial charge on any atom is 0.264 e. The van der Waals surface area contributed by atoms with Gasteiger partial charge in [0.1, 0.15) is 22.7 Å². The molecule has 2 aliphatic rings. The van der Waals surface area contributed by atoms with E-state index in [4.69, 9.17) is 4.74 Å². The summed E-state index contributed by atoms with van der Waals surface area (Å²) in [4.78, 5) is 31.1. The zero-order valence-electron chi connectivity index (χ0n) is 19.6. The summed E-state index contributed by atoms with van der Waals surface area (Å²) in [7, 11) is 1.72. The van der Waals surface area contributed by atoms with Gasteiger partial charge in [-0.25, -0.2) is 9.97 Å². The second kappa shape index (κ2) is 9.17. The van der Waals surface area contributed by atoms with Gasteiger partial charge in [-0.2, -0.15) is 0 Å². The van der Waals surface area contributed by atoms with E-state index in [-0.39, 0.29) is 5.91 Å². The van der Waals surface area contributed by atoms with Crippen molar-refractivity contribution in [1.82, 2.24) is 14.9 Å². The van der Waals surface area contributed by atoms with Gasteiger partial charge in [0.05, 0.1) is 23.1 Å². The summed E-state index contributed by atoms with van der Waals surface area (Å²) in [5.41, 5.74) is 2.14. The number of ether oxygens (including phenoxy) is 1. The van der Waals surface area contributed by atoms with Crippen LogP contribution in [0.1, 0.15) is 41.4 Å². The Morgan fingerprint density at radius 3 is 2.58 bits per heavy atom. The molecule has 0 radical (unpaired) electrons. The lowest BCUT2D eigenvalue weighted by atomic mass is 10.0. The SMILES string of the molecule is COc1ccccc1N1CCN(c2ncnc3sc(C(=O)N4CCCCC4C)c(C)c23)CC1. The first-order valence-electron chi connectivity index (χ1n) is 11.8. The number of amides is 1. The van der Waals surface area contributed by atoms with Crippen molar-refractivity contribution in [2.24, 2.45) is 0 Å². The molecule has 2 aromatic heterocycles. The highest BCUT2D eigenvalue weighted by Crippen LogP contribution is 2.37. The van der Waals surface area contributed by atoms with Crippen molar-refractivity contribution in [1.29, 1.82) is 0 Å². The molecule has 1 unspecified atom stereocenters. The van der Waals surface area contributed by atoms with Crippen LogP contribution in [0.3, 0.4) is 0 Å². The van der Waals surface area contributed by atoms with Crippen molar-refractivity contribution in [3.8, 4) is 5.75 Å². The third-order valence-corrected chi connectivity index (χ3v) is 8.16. The molecule has 2 saturated heterocycles. The predicted molar refractivity (Wildman–Crippen MR) is 134 cm³/mol. The van der Waals surface area contributed by atoms with Gasteiger partial charge < -0.3 is 19.4 Å². The molecule has 4 heterocycles. The zero-order valence-corrected chi connectivity index (χ0v) is 20.4. The van der Waals surface area contributed by atoms with E-state index in [0.717, 1.165) is 83.5 Å². The number of piperazine rings is 1. The maximum atomic E-state index is 13.4. The van der Waals surface area contributed by atoms with E-state index in [1.807, 2.05) is 17.0 Å². The van der Waals surface area contributed by atoms with Crippen LogP contribution in [0.5, 0.6) is 5.75 Å². The van der Waals surface area contributed by atoms with Crippen molar-refractivity contribution >= 4 is 39.0 Å². The standard InChI is InChI=1S/C25H31N5O2S/c1-17-8-6-7-11-30(17)25(31)22-18(2)21-23(26-16-27-24(21)33-22)29-14-12-28(13-15-29)19-9-4-5-10-20(19)32-3/h4-5,9-10,16-17H,6-8,11-15H2,1-3H3. The Labute approximate surface area is 199 Å². The highest BCUT2D eigenvalue weighted by molar-refractivity contribution is 7.20. The van der Waals surface area contributed by atoms with Crippen LogP contribution in [0, 0.1) is 6.92 Å². The number of rotatable bonds is 4. The van der Waals surface area contributed by atoms with Crippen LogP contribution in [-0.2, 0) is 0 Å². The third-order valence-electron chi connectivity index (χ3n) is 6.97. The Hall–Kier alpha value is -2.87. The maximum absolute atomic E-state index is 13.4. The van der Waals surface area contributed by atoms with Crippen LogP contribution < -0.4 is 14.5 Å². The van der Waals surface area contributed by atoms with Crippen LogP contribution in [0.4, 0.5) is 11.5 Å². The van der Waals surface area contributed by atoms with Crippen LogP contribution in [0.25, 0.3) is 10.2 Å². The molecule has 0 saturated carbocycles. The summed E-state index contributed by atoms with van der Waals surface area (Å²) in [6.45, 7) is 8.53. The van der Waals surface area contributed by atoms with E-state index in [2.05, 4.69) is 45.7 Å². The van der Waals surface area contributed by atoms with Gasteiger partial charge in [-0.3, -0.25) is 4.79 Å². The molecule has 1 aromatic carbocycles. The molecule has 8 heteroatoms. The van der Waals surface area contributed by atoms with Crippen LogP contribution in [0.15, 0.2) is 30.6 Å². The third kappa shape index (κ3) is 4.01. The summed E-state index contributed by atoms with van der Waals surface area (Å²) in [5, 5.41) is 1.03. The predicted octanol–water partition coefficient (Wildman–Crippen LogP) is 4.35. The summed E-state index contributed by atoms with van der Waals surface area (Å²) >= 11 is 1.51. The van der Waals surface area contributed by atoms with Crippen molar-refractivity contribution in [2.45, 2.75) is 39.2 Å². The number of hydrogen-bond acceptors (Lipinski definition) is 7. The molecule has 0 bridgehead atoms. The summed E-state index contributed by atoms with van der Waals surface area (Å²) in [5.74, 6) is 1.99. The van der Waals surface area contributed by atoms with E-state index >= 15 is 0 Å². The summed E-state index contributed by atoms with van der Waals surface area (Å²) < 4.78 is 5.56. The minimum atomic E-state index is 0.148. The van der Waals surface area contributed by atoms with Crippen molar-refractivity contribution in [3.63, 3.8) is 0 Å². The van der Waals surface area contributed by atoms with Crippen LogP contribution >= 0.6 is 11.3 Å². The van der Waals surface area contributed by atoms with E-state index in [0.29, 0.717) is 6.04 Å². The highest BCUT2D eigenvalue weighted by atomic mass is 32.1. The van der Waals surface area contributed by atoms with Gasteiger partial charge in [0.15, 0.2) is 0 Å². The normalized spacial score (nSPS) is 19.2. The molecule has 174 valence electrons. The smallest absolute Gasteiger partial charge is 0.264 e. The summed E-state index contributed by atoms with van der Waals surface area (Å²) in [6.07, 6.45) is 5.00. The number of hydrogen-bond donors (Lipinski definition) is 0. The number of carbonyl (C=O) groups excluding carboxylic acids is 1. The van der Waals surface area contributed by atoms with Crippen molar-refractivity contribution < 1.29 is 9.53 Å². The lowest BCUT2D eigenvalue weighted by Crippen LogP contribution is -2.47. The first kappa shape index (κ1) is 21.9. The first-order chi connectivity index (χ1) is 16.1. The minimum absolute atomic E-state index is 0.148. The number of aromatic nitrogens is 2. The molecule has 1 amide bonds. The fourth-order valence-electron chi connectivity index (χ4n) is 5.08. The number of carbonyl (C=O) groups is 1. The molecule has 33 heavy (non-hydrogen) atoms. The molecule has 2 aliphatic heterocycles. The number of nitrogens with zero attached hydrogens (tertiary/aromatic N) is 5. The molecule has 5 rings (SSSR count). The number of thiophene rings is 1. The van der Waals surface area contributed by atoms with Crippen molar-refractivity contribution in [2.75, 3.05) is 49.6 Å². The lowest BCUT2D eigenvalue weighted by molar-refractivity contribution is 0.0640. The molecular formula is C25H31N5O2S. The van der Waals surface area contributed by atoms with Gasteiger partial charge in [0.25, 0.3) is 5.91 Å². The Morgan fingerprint density at radius 2 is 1.82 bits per heavy atom. The zero-order chi connectivity index (χ0) is 22.9. The second-order valence-corrected chi connectivity index (χ2v) is 9.92. The molecule has 0 aliphatic carbocycles. The lowest BCUT2D eigenvalue weighted by Gasteiger charge is -2.37. The van der Waals surface area contributed by atoms with E-state index in [1.165, 1.54) is 17.8 Å². The average Bonchev–Trinajstić information content (AvgIpc) is 3.20. The minimum Gasteiger partial charge on any atom is -0.495 e. The molecule has 3 aromatic rings. The van der Waals surface area contributed by atoms with Gasteiger partial charge in [-0.05, 0) is 50.8 Å². The number of piperidine rings is 1. The quantitative estimate of drug-likeness (QED) is 0.571. The van der Waals surface area contributed by atoms with Gasteiger partial charge in [-0.1, -0.05) is 12.1 Å². The largest absolute Gasteiger partial charge is 0.495 e. The van der Waals surface area contributed by atoms with E-state index in [9.17, 15) is 4.79 Å². The topological polar surface area (TPSA) is 61.8 Å². The van der Waals surface area contributed by atoms with E-state index in [1.54, 1.807) is 13.4 Å². The first-order valence-corrected chi connectivity index (χ1v) is 12.6. The second-order valence-electron chi connectivity index (χ2n) is 8.92. The number of methoxy groups -OCH3 is 1. The monoisotopic (exact) mass is 465 g/mol. The van der Waals surface area contributed by atoms with Gasteiger partial charge >= 0.3 is 0 Å². The summed E-state index contributed by atoms with van der Waals surface area (Å²) in [6, 6.07) is 8.46. The van der Waals surface area contributed by atoms with Crippen LogP contribution in [-0.4, -0.2) is 66.7 Å². The Bertz CT molecular complexity index is 1150. The molecule has 2 fully saturated rings. The molecule has 1 atom stereocenters. The number of para-hydroxylation sites is 2. The Morgan fingerprint density at radius 1 is 1.06 bits per heavy atom. The number of benzene rings is 1. The molecular weight excluding hydrogens is 434 g/mol. The fraction of sp³-hybridized carbons (Fsp3) is 0.480. The van der Waals surface area contributed by atoms with E-state index < -0.39 is 0 Å². The Balaban J connectivity index is 1.40. The van der Waals surface area contributed by atoms with Gasteiger partial charge in [0, 0.05) is 38.8 Å². The molecule has 7 nitrogen and oxygen atoms in total. The van der Waals surface area contributed by atoms with Crippen molar-refractivity contribution in [3.05, 3.63) is 41.0 Å². The van der Waals surface area contributed by atoms with Gasteiger partial charge in [0.2, 0.25) is 0 Å². The molecule has 0 spiro atoms. The number of anilines is 2. The van der Waals surface area contributed by atoms with Crippen LogP contribution in [0.2, 0.25) is 0 Å². The molecule has 0 N–H and O–H groups in total. The number of aryl methyl sites for hydroxylation is 1. The fourth-order valence-corrected chi connectivity index (χ4v) is 6.18. The Kier molecular flexibility index (Phi) is 6.10. The van der Waals surface area contributed by atoms with Gasteiger partial charge in [-0.15, -0.1) is 11.3 Å². The number of fused-ring (bicyclic) bond motifs is 1.